The van der Waals surface area contributed by atoms with Gasteiger partial charge in [-0.1, -0.05) is 30.3 Å². The number of amides is 2. The summed E-state index contributed by atoms with van der Waals surface area (Å²) in [4.78, 5) is 26.0. The van der Waals surface area contributed by atoms with Gasteiger partial charge in [0.25, 0.3) is 5.91 Å². The number of carbonyl (C=O) groups excluding carboxylic acids is 2. The van der Waals surface area contributed by atoms with E-state index < -0.39 is 0 Å². The van der Waals surface area contributed by atoms with Crippen LogP contribution in [-0.2, 0) is 4.79 Å². The molecule has 0 spiro atoms. The highest BCUT2D eigenvalue weighted by Crippen LogP contribution is 2.27. The van der Waals surface area contributed by atoms with E-state index in [-0.39, 0.29) is 23.8 Å². The molecular weight excluding hydrogens is 314 g/mol. The number of nitrogens with zero attached hydrogens (tertiary/aromatic N) is 2. The van der Waals surface area contributed by atoms with Crippen molar-refractivity contribution < 1.29 is 9.59 Å². The third-order valence-corrected chi connectivity index (χ3v) is 5.26. The number of aromatic nitrogens is 1. The van der Waals surface area contributed by atoms with Crippen LogP contribution < -0.4 is 5.73 Å². The van der Waals surface area contributed by atoms with Crippen molar-refractivity contribution in [2.45, 2.75) is 33.2 Å². The monoisotopic (exact) mass is 339 g/mol. The minimum absolute atomic E-state index is 0.0108. The van der Waals surface area contributed by atoms with Gasteiger partial charge in [0.15, 0.2) is 0 Å². The predicted octanol–water partition coefficient (Wildman–Crippen LogP) is 2.66. The molecule has 1 aromatic carbocycles. The maximum Gasteiger partial charge on any atom is 0.255 e. The Kier molecular flexibility index (Phi) is 4.66. The number of primary amides is 1. The van der Waals surface area contributed by atoms with Crippen molar-refractivity contribution in [2.75, 3.05) is 13.1 Å². The highest BCUT2D eigenvalue weighted by Gasteiger charge is 2.32. The van der Waals surface area contributed by atoms with Gasteiger partial charge in [-0.2, -0.15) is 0 Å². The minimum atomic E-state index is -0.321. The molecule has 0 radical (unpaired) electrons. The van der Waals surface area contributed by atoms with Crippen LogP contribution in [0.4, 0.5) is 0 Å². The van der Waals surface area contributed by atoms with Crippen molar-refractivity contribution in [3.8, 4) is 0 Å². The Morgan fingerprint density at radius 1 is 1.20 bits per heavy atom. The van der Waals surface area contributed by atoms with Gasteiger partial charge in [0.2, 0.25) is 5.91 Å². The van der Waals surface area contributed by atoms with Crippen molar-refractivity contribution in [1.82, 2.24) is 9.47 Å². The normalized spacial score (nSPS) is 18.4. The maximum atomic E-state index is 12.9. The summed E-state index contributed by atoms with van der Waals surface area (Å²) < 4.78 is 2.20. The fourth-order valence-electron chi connectivity index (χ4n) is 3.82. The number of aryl methyl sites for hydroxylation is 1. The number of likely N-dealkylation sites (tertiary alicyclic amines) is 1. The first-order chi connectivity index (χ1) is 11.9. The molecule has 2 atom stereocenters. The molecule has 5 heteroatoms. The van der Waals surface area contributed by atoms with Crippen LogP contribution in [-0.4, -0.2) is 34.4 Å². The molecule has 132 valence electrons. The second-order valence-electron chi connectivity index (χ2n) is 6.88. The van der Waals surface area contributed by atoms with Crippen LogP contribution in [0.25, 0.3) is 0 Å². The summed E-state index contributed by atoms with van der Waals surface area (Å²) in [5, 5.41) is 0. The van der Waals surface area contributed by atoms with E-state index >= 15 is 0 Å². The molecule has 2 amide bonds. The topological polar surface area (TPSA) is 68.3 Å². The molecule has 0 saturated carbocycles. The van der Waals surface area contributed by atoms with E-state index in [0.717, 1.165) is 11.4 Å². The van der Waals surface area contributed by atoms with Crippen LogP contribution >= 0.6 is 0 Å². The summed E-state index contributed by atoms with van der Waals surface area (Å²) in [5.74, 6) is -0.558. The van der Waals surface area contributed by atoms with Crippen molar-refractivity contribution >= 4 is 11.8 Å². The molecule has 2 aromatic rings. The predicted molar refractivity (Wildman–Crippen MR) is 97.4 cm³/mol. The van der Waals surface area contributed by atoms with Crippen LogP contribution in [0.5, 0.6) is 0 Å². The average Bonchev–Trinajstić information content (AvgIpc) is 3.20. The Balaban J connectivity index is 1.87. The number of hydrogen-bond acceptors (Lipinski definition) is 2. The summed E-state index contributed by atoms with van der Waals surface area (Å²) in [6.45, 7) is 7.17. The minimum Gasteiger partial charge on any atom is -0.369 e. The summed E-state index contributed by atoms with van der Waals surface area (Å²) >= 11 is 0. The van der Waals surface area contributed by atoms with E-state index in [1.54, 1.807) is 4.90 Å². The second-order valence-corrected chi connectivity index (χ2v) is 6.88. The lowest BCUT2D eigenvalue weighted by molar-refractivity contribution is -0.121. The molecule has 0 bridgehead atoms. The lowest BCUT2D eigenvalue weighted by atomic mass is 10.1. The Labute approximate surface area is 148 Å². The van der Waals surface area contributed by atoms with Crippen LogP contribution in [0.2, 0.25) is 0 Å². The molecule has 3 rings (SSSR count). The van der Waals surface area contributed by atoms with Gasteiger partial charge in [-0.05, 0) is 38.8 Å². The van der Waals surface area contributed by atoms with Gasteiger partial charge in [0, 0.05) is 24.5 Å². The number of carbonyl (C=O) groups is 2. The Morgan fingerprint density at radius 3 is 2.48 bits per heavy atom. The maximum absolute atomic E-state index is 12.9. The number of rotatable bonds is 4. The summed E-state index contributed by atoms with van der Waals surface area (Å²) in [6, 6.07) is 12.4. The number of benzene rings is 1. The van der Waals surface area contributed by atoms with Gasteiger partial charge in [0.1, 0.15) is 0 Å². The molecule has 0 aliphatic carbocycles. The lowest BCUT2D eigenvalue weighted by Crippen LogP contribution is -2.32. The van der Waals surface area contributed by atoms with Gasteiger partial charge in [-0.25, -0.2) is 0 Å². The van der Waals surface area contributed by atoms with Crippen molar-refractivity contribution in [3.63, 3.8) is 0 Å². The highest BCUT2D eigenvalue weighted by molar-refractivity contribution is 5.96. The first-order valence-corrected chi connectivity index (χ1v) is 8.72. The quantitative estimate of drug-likeness (QED) is 0.930. The Hall–Kier alpha value is -2.56. The molecule has 1 fully saturated rings. The summed E-state index contributed by atoms with van der Waals surface area (Å²) in [6.07, 6.45) is 0.653. The summed E-state index contributed by atoms with van der Waals surface area (Å²) in [5.41, 5.74) is 9.32. The van der Waals surface area contributed by atoms with Crippen LogP contribution in [0.15, 0.2) is 36.4 Å². The molecular formula is C20H25N3O2. The zero-order valence-corrected chi connectivity index (χ0v) is 15.0. The van der Waals surface area contributed by atoms with E-state index in [1.807, 2.05) is 38.1 Å². The molecule has 1 aliphatic rings. The Morgan fingerprint density at radius 2 is 1.88 bits per heavy atom. The van der Waals surface area contributed by atoms with Gasteiger partial charge in [-0.3, -0.25) is 9.59 Å². The van der Waals surface area contributed by atoms with Crippen LogP contribution in [0.1, 0.15) is 46.7 Å². The van der Waals surface area contributed by atoms with E-state index in [4.69, 9.17) is 5.73 Å². The van der Waals surface area contributed by atoms with Gasteiger partial charge in [0.05, 0.1) is 17.5 Å². The number of nitrogens with two attached hydrogens (primary N) is 1. The second kappa shape index (κ2) is 6.75. The molecule has 1 aromatic heterocycles. The third-order valence-electron chi connectivity index (χ3n) is 5.26. The standard InChI is InChI=1S/C20H25N3O2/c1-13-11-18(20(25)22-10-9-17(12-22)19(21)24)15(3)23(13)14(2)16-7-5-4-6-8-16/h4-8,11,14,17H,9-10,12H2,1-3H3,(H2,21,24)/t14-,17+/m0/s1. The molecule has 5 nitrogen and oxygen atoms in total. The third kappa shape index (κ3) is 3.18. The highest BCUT2D eigenvalue weighted by atomic mass is 16.2. The lowest BCUT2D eigenvalue weighted by Gasteiger charge is -2.20. The SMILES string of the molecule is Cc1cc(C(=O)N2CC[C@@H](C(N)=O)C2)c(C)n1[C@@H](C)c1ccccc1. The van der Waals surface area contributed by atoms with E-state index in [2.05, 4.69) is 23.6 Å². The largest absolute Gasteiger partial charge is 0.369 e. The fourth-order valence-corrected chi connectivity index (χ4v) is 3.82. The van der Waals surface area contributed by atoms with Gasteiger partial charge in [-0.15, -0.1) is 0 Å². The van der Waals surface area contributed by atoms with Gasteiger partial charge < -0.3 is 15.2 Å². The van der Waals surface area contributed by atoms with Crippen LogP contribution in [0, 0.1) is 19.8 Å². The molecule has 1 aliphatic heterocycles. The Bertz CT molecular complexity index is 795. The first-order valence-electron chi connectivity index (χ1n) is 8.72. The smallest absolute Gasteiger partial charge is 0.255 e. The van der Waals surface area contributed by atoms with Crippen molar-refractivity contribution in [1.29, 1.82) is 0 Å². The summed E-state index contributed by atoms with van der Waals surface area (Å²) in [7, 11) is 0. The zero-order chi connectivity index (χ0) is 18.1. The molecule has 2 N–H and O–H groups in total. The van der Waals surface area contributed by atoms with E-state index in [9.17, 15) is 9.59 Å². The molecule has 2 heterocycles. The molecule has 25 heavy (non-hydrogen) atoms. The number of hydrogen-bond donors (Lipinski definition) is 1. The van der Waals surface area contributed by atoms with Gasteiger partial charge >= 0.3 is 0 Å². The average molecular weight is 339 g/mol. The van der Waals surface area contributed by atoms with E-state index in [1.165, 1.54) is 5.56 Å². The van der Waals surface area contributed by atoms with E-state index in [0.29, 0.717) is 25.1 Å². The van der Waals surface area contributed by atoms with Crippen molar-refractivity contribution in [2.24, 2.45) is 11.7 Å². The fraction of sp³-hybridized carbons (Fsp3) is 0.400. The molecule has 0 unspecified atom stereocenters. The zero-order valence-electron chi connectivity index (χ0n) is 15.0. The van der Waals surface area contributed by atoms with Crippen LogP contribution in [0.3, 0.4) is 0 Å². The molecule has 1 saturated heterocycles. The van der Waals surface area contributed by atoms with Crippen molar-refractivity contribution in [3.05, 3.63) is 58.9 Å². The first kappa shape index (κ1) is 17.3.